The standard InChI is InChI=1S/C26H25ClN2O2/c1-19-10-12-20(13-11-19)25(30)22-7-3-4-8-23(22)26(31)29-16-14-28(15-17-29)18-21-6-2-5-9-24(21)27/h2-13H,14-18H2,1H3. The summed E-state index contributed by atoms with van der Waals surface area (Å²) in [6.45, 7) is 5.53. The van der Waals surface area contributed by atoms with Gasteiger partial charge in [0.05, 0.1) is 5.56 Å². The largest absolute Gasteiger partial charge is 0.336 e. The fourth-order valence-electron chi connectivity index (χ4n) is 3.87. The average molecular weight is 433 g/mol. The van der Waals surface area contributed by atoms with E-state index >= 15 is 0 Å². The Kier molecular flexibility index (Phi) is 6.50. The average Bonchev–Trinajstić information content (AvgIpc) is 2.81. The second-order valence-electron chi connectivity index (χ2n) is 7.90. The lowest BCUT2D eigenvalue weighted by molar-refractivity contribution is 0.0625. The lowest BCUT2D eigenvalue weighted by atomic mass is 9.97. The van der Waals surface area contributed by atoms with Crippen LogP contribution in [0, 0.1) is 6.92 Å². The first-order valence-corrected chi connectivity index (χ1v) is 10.9. The Balaban J connectivity index is 1.45. The van der Waals surface area contributed by atoms with Gasteiger partial charge in [-0.15, -0.1) is 0 Å². The van der Waals surface area contributed by atoms with Gasteiger partial charge in [0.15, 0.2) is 5.78 Å². The number of hydrogen-bond acceptors (Lipinski definition) is 3. The number of carbonyl (C=O) groups excluding carboxylic acids is 2. The SMILES string of the molecule is Cc1ccc(C(=O)c2ccccc2C(=O)N2CCN(Cc3ccccc3Cl)CC2)cc1. The van der Waals surface area contributed by atoms with E-state index in [9.17, 15) is 9.59 Å². The van der Waals surface area contributed by atoms with E-state index in [1.165, 1.54) is 0 Å². The van der Waals surface area contributed by atoms with E-state index in [1.54, 1.807) is 18.2 Å². The first-order valence-electron chi connectivity index (χ1n) is 10.5. The summed E-state index contributed by atoms with van der Waals surface area (Å²) in [6, 6.07) is 22.4. The van der Waals surface area contributed by atoms with Crippen LogP contribution >= 0.6 is 11.6 Å². The molecule has 3 aromatic carbocycles. The molecule has 158 valence electrons. The number of aryl methyl sites for hydroxylation is 1. The van der Waals surface area contributed by atoms with Crippen LogP contribution in [-0.4, -0.2) is 47.7 Å². The molecule has 0 aromatic heterocycles. The molecule has 3 aromatic rings. The second-order valence-corrected chi connectivity index (χ2v) is 8.31. The number of carbonyl (C=O) groups is 2. The third-order valence-electron chi connectivity index (χ3n) is 5.73. The highest BCUT2D eigenvalue weighted by atomic mass is 35.5. The summed E-state index contributed by atoms with van der Waals surface area (Å²) < 4.78 is 0. The van der Waals surface area contributed by atoms with Gasteiger partial charge >= 0.3 is 0 Å². The van der Waals surface area contributed by atoms with Gasteiger partial charge in [-0.1, -0.05) is 77.8 Å². The topological polar surface area (TPSA) is 40.6 Å². The minimum Gasteiger partial charge on any atom is -0.336 e. The molecule has 0 atom stereocenters. The number of hydrogen-bond donors (Lipinski definition) is 0. The normalized spacial score (nSPS) is 14.5. The number of benzene rings is 3. The summed E-state index contributed by atoms with van der Waals surface area (Å²) in [5.74, 6) is -0.213. The van der Waals surface area contributed by atoms with Crippen molar-refractivity contribution in [2.75, 3.05) is 26.2 Å². The number of rotatable bonds is 5. The molecule has 1 aliphatic rings. The van der Waals surface area contributed by atoms with E-state index in [1.807, 2.05) is 66.4 Å². The third-order valence-corrected chi connectivity index (χ3v) is 6.10. The molecule has 1 saturated heterocycles. The molecule has 4 nitrogen and oxygen atoms in total. The van der Waals surface area contributed by atoms with E-state index in [2.05, 4.69) is 4.90 Å². The van der Waals surface area contributed by atoms with Gasteiger partial charge in [-0.2, -0.15) is 0 Å². The predicted octanol–water partition coefficient (Wildman–Crippen LogP) is 4.84. The molecule has 5 heteroatoms. The Hall–Kier alpha value is -2.95. The van der Waals surface area contributed by atoms with Crippen molar-refractivity contribution in [2.45, 2.75) is 13.5 Å². The molecule has 0 spiro atoms. The Labute approximate surface area is 188 Å². The molecule has 0 radical (unpaired) electrons. The zero-order valence-electron chi connectivity index (χ0n) is 17.6. The molecule has 1 amide bonds. The smallest absolute Gasteiger partial charge is 0.254 e. The van der Waals surface area contributed by atoms with Crippen molar-refractivity contribution in [2.24, 2.45) is 0 Å². The molecule has 0 unspecified atom stereocenters. The van der Waals surface area contributed by atoms with Gasteiger partial charge in [0.2, 0.25) is 0 Å². The Bertz CT molecular complexity index is 1090. The Morgan fingerprint density at radius 2 is 1.42 bits per heavy atom. The maximum atomic E-state index is 13.3. The van der Waals surface area contributed by atoms with E-state index in [4.69, 9.17) is 11.6 Å². The first kappa shape index (κ1) is 21.3. The van der Waals surface area contributed by atoms with E-state index < -0.39 is 0 Å². The summed E-state index contributed by atoms with van der Waals surface area (Å²) in [5, 5.41) is 0.768. The van der Waals surface area contributed by atoms with Crippen LogP contribution in [0.3, 0.4) is 0 Å². The molecule has 1 fully saturated rings. The second kappa shape index (κ2) is 9.46. The summed E-state index contributed by atoms with van der Waals surface area (Å²) in [4.78, 5) is 30.5. The molecule has 1 aliphatic heterocycles. The number of ketones is 1. The Morgan fingerprint density at radius 3 is 2.10 bits per heavy atom. The van der Waals surface area contributed by atoms with Crippen molar-refractivity contribution >= 4 is 23.3 Å². The monoisotopic (exact) mass is 432 g/mol. The van der Waals surface area contributed by atoms with Crippen molar-refractivity contribution < 1.29 is 9.59 Å². The number of piperazine rings is 1. The highest BCUT2D eigenvalue weighted by Crippen LogP contribution is 2.20. The number of nitrogens with zero attached hydrogens (tertiary/aromatic N) is 2. The van der Waals surface area contributed by atoms with Crippen LogP contribution in [0.2, 0.25) is 5.02 Å². The minimum atomic E-state index is -0.124. The van der Waals surface area contributed by atoms with E-state index in [0.29, 0.717) is 29.8 Å². The zero-order chi connectivity index (χ0) is 21.8. The summed E-state index contributed by atoms with van der Waals surface area (Å²) >= 11 is 6.29. The molecule has 0 bridgehead atoms. The van der Waals surface area contributed by atoms with Gasteiger partial charge in [0.25, 0.3) is 5.91 Å². The molecule has 1 heterocycles. The lowest BCUT2D eigenvalue weighted by Crippen LogP contribution is -2.48. The molecule has 0 N–H and O–H groups in total. The van der Waals surface area contributed by atoms with Gasteiger partial charge in [-0.05, 0) is 24.6 Å². The minimum absolute atomic E-state index is 0.0894. The van der Waals surface area contributed by atoms with Crippen LogP contribution in [0.4, 0.5) is 0 Å². The maximum absolute atomic E-state index is 13.3. The van der Waals surface area contributed by atoms with Crippen molar-refractivity contribution in [1.82, 2.24) is 9.80 Å². The number of halogens is 1. The van der Waals surface area contributed by atoms with Gasteiger partial charge < -0.3 is 4.90 Å². The van der Waals surface area contributed by atoms with Crippen LogP contribution in [0.1, 0.15) is 37.4 Å². The molecule has 31 heavy (non-hydrogen) atoms. The summed E-state index contributed by atoms with van der Waals surface area (Å²) in [7, 11) is 0. The Morgan fingerprint density at radius 1 is 0.806 bits per heavy atom. The predicted molar refractivity (Wildman–Crippen MR) is 124 cm³/mol. The maximum Gasteiger partial charge on any atom is 0.254 e. The summed E-state index contributed by atoms with van der Waals surface area (Å²) in [5.41, 5.74) is 3.70. The first-order chi connectivity index (χ1) is 15.0. The van der Waals surface area contributed by atoms with Crippen LogP contribution in [0.15, 0.2) is 72.8 Å². The van der Waals surface area contributed by atoms with Crippen LogP contribution in [0.5, 0.6) is 0 Å². The molecule has 0 aliphatic carbocycles. The van der Waals surface area contributed by atoms with Crippen molar-refractivity contribution in [1.29, 1.82) is 0 Å². The fourth-order valence-corrected chi connectivity index (χ4v) is 4.07. The molecular formula is C26H25ClN2O2. The molecule has 4 rings (SSSR count). The van der Waals surface area contributed by atoms with Crippen LogP contribution in [0.25, 0.3) is 0 Å². The van der Waals surface area contributed by atoms with Crippen LogP contribution < -0.4 is 0 Å². The third kappa shape index (κ3) is 4.87. The van der Waals surface area contributed by atoms with E-state index in [0.717, 1.165) is 35.8 Å². The van der Waals surface area contributed by atoms with Crippen LogP contribution in [-0.2, 0) is 6.54 Å². The van der Waals surface area contributed by atoms with Gasteiger partial charge in [-0.3, -0.25) is 14.5 Å². The van der Waals surface area contributed by atoms with Crippen molar-refractivity contribution in [3.8, 4) is 0 Å². The quantitative estimate of drug-likeness (QED) is 0.542. The fraction of sp³-hybridized carbons (Fsp3) is 0.231. The van der Waals surface area contributed by atoms with Crippen molar-refractivity contribution in [3.63, 3.8) is 0 Å². The highest BCUT2D eigenvalue weighted by molar-refractivity contribution is 6.31. The van der Waals surface area contributed by atoms with Gasteiger partial charge in [0, 0.05) is 48.9 Å². The number of amides is 1. The van der Waals surface area contributed by atoms with E-state index in [-0.39, 0.29) is 11.7 Å². The van der Waals surface area contributed by atoms with Gasteiger partial charge in [-0.25, -0.2) is 0 Å². The molecular weight excluding hydrogens is 408 g/mol. The van der Waals surface area contributed by atoms with Gasteiger partial charge in [0.1, 0.15) is 0 Å². The summed E-state index contributed by atoms with van der Waals surface area (Å²) in [6.07, 6.45) is 0. The van der Waals surface area contributed by atoms with Crippen molar-refractivity contribution in [3.05, 3.63) is 106 Å². The highest BCUT2D eigenvalue weighted by Gasteiger charge is 2.26. The molecule has 0 saturated carbocycles. The lowest BCUT2D eigenvalue weighted by Gasteiger charge is -2.35. The zero-order valence-corrected chi connectivity index (χ0v) is 18.3.